The van der Waals surface area contributed by atoms with Crippen molar-refractivity contribution in [2.75, 3.05) is 7.11 Å². The predicted molar refractivity (Wildman–Crippen MR) is 73.3 cm³/mol. The number of aryl methyl sites for hydroxylation is 1. The van der Waals surface area contributed by atoms with Crippen molar-refractivity contribution < 1.29 is 14.6 Å². The molecule has 0 spiro atoms. The molecule has 1 aromatic heterocycles. The van der Waals surface area contributed by atoms with Crippen LogP contribution in [0.1, 0.15) is 37.7 Å². The quantitative estimate of drug-likeness (QED) is 0.834. The van der Waals surface area contributed by atoms with Gasteiger partial charge in [0.25, 0.3) is 0 Å². The first kappa shape index (κ1) is 14.7. The Morgan fingerprint density at radius 3 is 2.60 bits per heavy atom. The molecule has 0 radical (unpaired) electrons. The Hall–Kier alpha value is -1.69. The molecule has 20 heavy (non-hydrogen) atoms. The maximum Gasteiger partial charge on any atom is 0.316 e. The third-order valence-electron chi connectivity index (χ3n) is 3.57. The number of hydrogen-bond donors (Lipinski definition) is 2. The average molecular weight is 279 g/mol. The van der Waals surface area contributed by atoms with Gasteiger partial charge in [0, 0.05) is 24.9 Å². The van der Waals surface area contributed by atoms with E-state index >= 15 is 0 Å². The van der Waals surface area contributed by atoms with Crippen LogP contribution in [0.25, 0.3) is 0 Å². The summed E-state index contributed by atoms with van der Waals surface area (Å²) in [6, 6.07) is 0.539. The highest BCUT2D eigenvalue weighted by atomic mass is 16.5. The fourth-order valence-corrected chi connectivity index (χ4v) is 2.36. The van der Waals surface area contributed by atoms with E-state index in [1.54, 1.807) is 12.4 Å². The molecule has 0 aromatic carbocycles. The summed E-state index contributed by atoms with van der Waals surface area (Å²) in [5.74, 6) is 0.0437. The largest absolute Gasteiger partial charge is 0.467 e. The Balaban J connectivity index is 1.71. The summed E-state index contributed by atoms with van der Waals surface area (Å²) >= 11 is 0. The zero-order valence-corrected chi connectivity index (χ0v) is 11.7. The van der Waals surface area contributed by atoms with Crippen molar-refractivity contribution in [3.05, 3.63) is 18.0 Å². The van der Waals surface area contributed by atoms with Crippen molar-refractivity contribution in [1.29, 1.82) is 0 Å². The van der Waals surface area contributed by atoms with Gasteiger partial charge in [-0.2, -0.15) is 0 Å². The third kappa shape index (κ3) is 4.45. The number of nitrogens with zero attached hydrogens (tertiary/aromatic N) is 2. The molecule has 0 atom stereocenters. The Bertz CT molecular complexity index is 428. The highest BCUT2D eigenvalue weighted by molar-refractivity contribution is 5.76. The van der Waals surface area contributed by atoms with Gasteiger partial charge in [0.15, 0.2) is 0 Å². The second kappa shape index (κ2) is 7.19. The second-order valence-corrected chi connectivity index (χ2v) is 5.15. The van der Waals surface area contributed by atoms with E-state index in [-0.39, 0.29) is 18.1 Å². The van der Waals surface area contributed by atoms with Crippen LogP contribution in [0, 0.1) is 0 Å². The standard InChI is InChI=1S/C14H21N3O3/c1-20-14-15-8-10(9-16-14)2-7-13(19)17-11-3-5-12(18)6-4-11/h8-9,11-12,18H,2-7H2,1H3,(H,17,19). The van der Waals surface area contributed by atoms with Gasteiger partial charge in [-0.1, -0.05) is 0 Å². The van der Waals surface area contributed by atoms with E-state index < -0.39 is 0 Å². The zero-order valence-electron chi connectivity index (χ0n) is 11.7. The molecule has 1 aliphatic carbocycles. The molecule has 2 rings (SSSR count). The minimum Gasteiger partial charge on any atom is -0.467 e. The fourth-order valence-electron chi connectivity index (χ4n) is 2.36. The molecule has 0 unspecified atom stereocenters. The molecule has 1 saturated carbocycles. The molecule has 6 heteroatoms. The number of methoxy groups -OCH3 is 1. The lowest BCUT2D eigenvalue weighted by Crippen LogP contribution is -2.38. The molecule has 6 nitrogen and oxygen atoms in total. The number of carbonyl (C=O) groups excluding carboxylic acids is 1. The number of hydrogen-bond acceptors (Lipinski definition) is 5. The van der Waals surface area contributed by atoms with E-state index in [9.17, 15) is 9.90 Å². The Labute approximate surface area is 118 Å². The van der Waals surface area contributed by atoms with E-state index in [4.69, 9.17) is 4.74 Å². The smallest absolute Gasteiger partial charge is 0.316 e. The number of ether oxygens (including phenoxy) is 1. The van der Waals surface area contributed by atoms with E-state index in [0.717, 1.165) is 31.2 Å². The van der Waals surface area contributed by atoms with Gasteiger partial charge in [-0.05, 0) is 37.7 Å². The minimum atomic E-state index is -0.195. The van der Waals surface area contributed by atoms with Gasteiger partial charge in [-0.15, -0.1) is 0 Å². The van der Waals surface area contributed by atoms with Gasteiger partial charge in [0.2, 0.25) is 5.91 Å². The average Bonchev–Trinajstić information content (AvgIpc) is 2.48. The number of aliphatic hydroxyl groups is 1. The first-order valence-corrected chi connectivity index (χ1v) is 6.99. The van der Waals surface area contributed by atoms with Gasteiger partial charge < -0.3 is 15.2 Å². The topological polar surface area (TPSA) is 84.3 Å². The molecule has 0 aliphatic heterocycles. The number of aromatic nitrogens is 2. The van der Waals surface area contributed by atoms with Crippen molar-refractivity contribution >= 4 is 5.91 Å². The van der Waals surface area contributed by atoms with Gasteiger partial charge in [0.05, 0.1) is 13.2 Å². The van der Waals surface area contributed by atoms with Crippen LogP contribution in [-0.2, 0) is 11.2 Å². The summed E-state index contributed by atoms with van der Waals surface area (Å²) in [6.07, 6.45) is 7.47. The van der Waals surface area contributed by atoms with E-state index in [1.165, 1.54) is 7.11 Å². The van der Waals surface area contributed by atoms with Crippen LogP contribution < -0.4 is 10.1 Å². The number of carbonyl (C=O) groups is 1. The van der Waals surface area contributed by atoms with Crippen LogP contribution in [0.2, 0.25) is 0 Å². The number of rotatable bonds is 5. The van der Waals surface area contributed by atoms with Crippen LogP contribution >= 0.6 is 0 Å². The van der Waals surface area contributed by atoms with Crippen LogP contribution in [-0.4, -0.2) is 40.2 Å². The lowest BCUT2D eigenvalue weighted by molar-refractivity contribution is -0.122. The van der Waals surface area contributed by atoms with Crippen LogP contribution in [0.5, 0.6) is 6.01 Å². The summed E-state index contributed by atoms with van der Waals surface area (Å²) in [7, 11) is 1.52. The van der Waals surface area contributed by atoms with Crippen molar-refractivity contribution in [1.82, 2.24) is 15.3 Å². The molecular formula is C14H21N3O3. The molecular weight excluding hydrogens is 258 g/mol. The van der Waals surface area contributed by atoms with E-state index in [2.05, 4.69) is 15.3 Å². The SMILES string of the molecule is COc1ncc(CCC(=O)NC2CCC(O)CC2)cn1. The third-order valence-corrected chi connectivity index (χ3v) is 3.57. The molecule has 1 aliphatic rings. The van der Waals surface area contributed by atoms with Crippen molar-refractivity contribution in [3.63, 3.8) is 0 Å². The van der Waals surface area contributed by atoms with Gasteiger partial charge >= 0.3 is 6.01 Å². The molecule has 0 bridgehead atoms. The summed E-state index contributed by atoms with van der Waals surface area (Å²) in [5.41, 5.74) is 0.917. The van der Waals surface area contributed by atoms with Crippen molar-refractivity contribution in [3.8, 4) is 6.01 Å². The molecule has 1 fully saturated rings. The van der Waals surface area contributed by atoms with Crippen molar-refractivity contribution in [2.24, 2.45) is 0 Å². The van der Waals surface area contributed by atoms with Crippen LogP contribution in [0.15, 0.2) is 12.4 Å². The van der Waals surface area contributed by atoms with E-state index in [0.29, 0.717) is 18.9 Å². The summed E-state index contributed by atoms with van der Waals surface area (Å²) in [4.78, 5) is 19.9. The monoisotopic (exact) mass is 279 g/mol. The summed E-state index contributed by atoms with van der Waals surface area (Å²) in [5, 5.41) is 12.4. The highest BCUT2D eigenvalue weighted by Crippen LogP contribution is 2.18. The van der Waals surface area contributed by atoms with Crippen LogP contribution in [0.4, 0.5) is 0 Å². The van der Waals surface area contributed by atoms with Gasteiger partial charge in [0.1, 0.15) is 0 Å². The van der Waals surface area contributed by atoms with Gasteiger partial charge in [-0.3, -0.25) is 4.79 Å². The molecule has 110 valence electrons. The predicted octanol–water partition coefficient (Wildman–Crippen LogP) is 0.837. The second-order valence-electron chi connectivity index (χ2n) is 5.15. The van der Waals surface area contributed by atoms with Gasteiger partial charge in [-0.25, -0.2) is 9.97 Å². The number of aliphatic hydroxyl groups excluding tert-OH is 1. The van der Waals surface area contributed by atoms with Crippen molar-refractivity contribution in [2.45, 2.75) is 50.7 Å². The molecule has 0 saturated heterocycles. The maximum absolute atomic E-state index is 11.9. The first-order chi connectivity index (χ1) is 9.67. The lowest BCUT2D eigenvalue weighted by Gasteiger charge is -2.26. The Kier molecular flexibility index (Phi) is 5.29. The maximum atomic E-state index is 11.9. The first-order valence-electron chi connectivity index (χ1n) is 6.99. The minimum absolute atomic E-state index is 0.0437. The molecule has 2 N–H and O–H groups in total. The summed E-state index contributed by atoms with van der Waals surface area (Å²) < 4.78 is 4.88. The van der Waals surface area contributed by atoms with Crippen LogP contribution in [0.3, 0.4) is 0 Å². The Morgan fingerprint density at radius 2 is 2.00 bits per heavy atom. The summed E-state index contributed by atoms with van der Waals surface area (Å²) in [6.45, 7) is 0. The lowest BCUT2D eigenvalue weighted by atomic mass is 9.93. The molecule has 1 amide bonds. The normalized spacial score (nSPS) is 22.3. The number of amides is 1. The number of nitrogens with one attached hydrogen (secondary N) is 1. The zero-order chi connectivity index (χ0) is 14.4. The fraction of sp³-hybridized carbons (Fsp3) is 0.643. The molecule has 1 heterocycles. The highest BCUT2D eigenvalue weighted by Gasteiger charge is 2.20. The van der Waals surface area contributed by atoms with E-state index in [1.807, 2.05) is 0 Å². The Morgan fingerprint density at radius 1 is 1.35 bits per heavy atom. The molecule has 1 aromatic rings.